The summed E-state index contributed by atoms with van der Waals surface area (Å²) >= 11 is 0. The maximum Gasteiger partial charge on any atom is 0.338 e. The SMILES string of the molecule is CCCOC(=O)c1ccccc1N=[N+]=[N-]. The molecule has 1 rings (SSSR count). The second-order valence-electron chi connectivity index (χ2n) is 2.84. The summed E-state index contributed by atoms with van der Waals surface area (Å²) in [5.74, 6) is -0.458. The summed E-state index contributed by atoms with van der Waals surface area (Å²) in [6, 6.07) is 6.53. The summed E-state index contributed by atoms with van der Waals surface area (Å²) in [5.41, 5.74) is 8.90. The molecule has 0 aliphatic heterocycles. The number of esters is 1. The van der Waals surface area contributed by atoms with E-state index in [9.17, 15) is 4.79 Å². The highest BCUT2D eigenvalue weighted by atomic mass is 16.5. The Bertz CT molecular complexity index is 397. The third-order valence-electron chi connectivity index (χ3n) is 1.71. The first-order valence-corrected chi connectivity index (χ1v) is 4.60. The van der Waals surface area contributed by atoms with Crippen LogP contribution in [0.25, 0.3) is 10.4 Å². The number of nitrogens with zero attached hydrogens (tertiary/aromatic N) is 3. The Morgan fingerprint density at radius 1 is 1.53 bits per heavy atom. The number of hydrogen-bond donors (Lipinski definition) is 0. The fourth-order valence-electron chi connectivity index (χ4n) is 1.05. The number of azide groups is 1. The Hall–Kier alpha value is -2.00. The van der Waals surface area contributed by atoms with E-state index < -0.39 is 5.97 Å². The highest BCUT2D eigenvalue weighted by Gasteiger charge is 2.10. The van der Waals surface area contributed by atoms with Crippen LogP contribution in [-0.2, 0) is 4.74 Å². The van der Waals surface area contributed by atoms with Crippen molar-refractivity contribution in [3.05, 3.63) is 40.3 Å². The summed E-state index contributed by atoms with van der Waals surface area (Å²) in [6.07, 6.45) is 0.759. The first kappa shape index (κ1) is 11.1. The number of benzene rings is 1. The second kappa shape index (κ2) is 5.67. The third kappa shape index (κ3) is 3.00. The van der Waals surface area contributed by atoms with Gasteiger partial charge in [-0.1, -0.05) is 30.2 Å². The molecule has 1 aromatic rings. The molecule has 0 radical (unpaired) electrons. The number of carbonyl (C=O) groups excluding carboxylic acids is 1. The minimum atomic E-state index is -0.458. The largest absolute Gasteiger partial charge is 0.462 e. The molecule has 0 amide bonds. The van der Waals surface area contributed by atoms with Gasteiger partial charge < -0.3 is 4.74 Å². The molecule has 0 N–H and O–H groups in total. The van der Waals surface area contributed by atoms with E-state index in [0.717, 1.165) is 6.42 Å². The average Bonchev–Trinajstić information content (AvgIpc) is 2.27. The summed E-state index contributed by atoms with van der Waals surface area (Å²) in [4.78, 5) is 14.1. The van der Waals surface area contributed by atoms with Gasteiger partial charge in [-0.05, 0) is 18.0 Å². The van der Waals surface area contributed by atoms with Crippen LogP contribution < -0.4 is 0 Å². The first-order valence-electron chi connectivity index (χ1n) is 4.60. The zero-order valence-electron chi connectivity index (χ0n) is 8.38. The van der Waals surface area contributed by atoms with Gasteiger partial charge in [0.1, 0.15) is 0 Å². The van der Waals surface area contributed by atoms with Crippen molar-refractivity contribution in [2.24, 2.45) is 5.11 Å². The maximum absolute atomic E-state index is 11.5. The van der Waals surface area contributed by atoms with Crippen molar-refractivity contribution in [3.8, 4) is 0 Å². The van der Waals surface area contributed by atoms with E-state index in [2.05, 4.69) is 10.0 Å². The Balaban J connectivity index is 2.92. The molecular weight excluding hydrogens is 194 g/mol. The molecule has 5 nitrogen and oxygen atoms in total. The van der Waals surface area contributed by atoms with Crippen LogP contribution in [0.1, 0.15) is 23.7 Å². The summed E-state index contributed by atoms with van der Waals surface area (Å²) in [6.45, 7) is 2.27. The number of carbonyl (C=O) groups is 1. The molecule has 0 spiro atoms. The van der Waals surface area contributed by atoms with E-state index in [0.29, 0.717) is 17.9 Å². The summed E-state index contributed by atoms with van der Waals surface area (Å²) in [5, 5.41) is 3.42. The standard InChI is InChI=1S/C10H11N3O2/c1-2-7-15-10(14)8-5-3-4-6-9(8)12-13-11/h3-6H,2,7H2,1H3. The molecule has 0 unspecified atom stereocenters. The van der Waals surface area contributed by atoms with Crippen LogP contribution in [-0.4, -0.2) is 12.6 Å². The molecule has 0 aromatic heterocycles. The molecular formula is C10H11N3O2. The van der Waals surface area contributed by atoms with Gasteiger partial charge in [0.05, 0.1) is 17.9 Å². The molecule has 0 bridgehead atoms. The number of hydrogen-bond acceptors (Lipinski definition) is 3. The van der Waals surface area contributed by atoms with Crippen LogP contribution in [0.5, 0.6) is 0 Å². The normalized spacial score (nSPS) is 9.13. The van der Waals surface area contributed by atoms with Crippen LogP contribution in [0.4, 0.5) is 5.69 Å². The Labute approximate surface area is 87.3 Å². The lowest BCUT2D eigenvalue weighted by atomic mass is 10.2. The summed E-state index contributed by atoms with van der Waals surface area (Å²) < 4.78 is 4.94. The van der Waals surface area contributed by atoms with Gasteiger partial charge in [-0.15, -0.1) is 0 Å². The van der Waals surface area contributed by atoms with E-state index in [1.54, 1.807) is 24.3 Å². The van der Waals surface area contributed by atoms with Gasteiger partial charge in [0.15, 0.2) is 0 Å². The number of rotatable bonds is 4. The van der Waals surface area contributed by atoms with E-state index in [1.165, 1.54) is 0 Å². The lowest BCUT2D eigenvalue weighted by Crippen LogP contribution is -2.05. The highest BCUT2D eigenvalue weighted by Crippen LogP contribution is 2.19. The Morgan fingerprint density at radius 3 is 2.93 bits per heavy atom. The van der Waals surface area contributed by atoms with Gasteiger partial charge in [-0.3, -0.25) is 0 Å². The molecule has 0 saturated heterocycles. The minimum absolute atomic E-state index is 0.293. The maximum atomic E-state index is 11.5. The summed E-state index contributed by atoms with van der Waals surface area (Å²) in [7, 11) is 0. The quantitative estimate of drug-likeness (QED) is 0.327. The van der Waals surface area contributed by atoms with Crippen LogP contribution in [0.15, 0.2) is 29.4 Å². The van der Waals surface area contributed by atoms with E-state index in [-0.39, 0.29) is 0 Å². The topological polar surface area (TPSA) is 75.1 Å². The van der Waals surface area contributed by atoms with Crippen molar-refractivity contribution in [1.29, 1.82) is 0 Å². The van der Waals surface area contributed by atoms with Gasteiger partial charge in [0, 0.05) is 4.91 Å². The zero-order chi connectivity index (χ0) is 11.1. The van der Waals surface area contributed by atoms with Crippen LogP contribution in [0.3, 0.4) is 0 Å². The van der Waals surface area contributed by atoms with Crippen LogP contribution >= 0.6 is 0 Å². The molecule has 0 heterocycles. The predicted octanol–water partition coefficient (Wildman–Crippen LogP) is 3.20. The fraction of sp³-hybridized carbons (Fsp3) is 0.300. The predicted molar refractivity (Wildman–Crippen MR) is 55.8 cm³/mol. The van der Waals surface area contributed by atoms with E-state index >= 15 is 0 Å². The van der Waals surface area contributed by atoms with Gasteiger partial charge in [0.25, 0.3) is 0 Å². The smallest absolute Gasteiger partial charge is 0.338 e. The molecule has 78 valence electrons. The zero-order valence-corrected chi connectivity index (χ0v) is 8.38. The van der Waals surface area contributed by atoms with Gasteiger partial charge in [0.2, 0.25) is 0 Å². The molecule has 0 fully saturated rings. The minimum Gasteiger partial charge on any atom is -0.462 e. The van der Waals surface area contributed by atoms with Crippen molar-refractivity contribution in [3.63, 3.8) is 0 Å². The highest BCUT2D eigenvalue weighted by molar-refractivity contribution is 5.94. The fourth-order valence-corrected chi connectivity index (χ4v) is 1.05. The van der Waals surface area contributed by atoms with Crippen molar-refractivity contribution in [1.82, 2.24) is 0 Å². The Kier molecular flexibility index (Phi) is 4.19. The van der Waals surface area contributed by atoms with Crippen LogP contribution in [0.2, 0.25) is 0 Å². The van der Waals surface area contributed by atoms with Gasteiger partial charge in [-0.2, -0.15) is 0 Å². The monoisotopic (exact) mass is 205 g/mol. The van der Waals surface area contributed by atoms with Crippen molar-refractivity contribution in [2.75, 3.05) is 6.61 Å². The molecule has 0 aliphatic rings. The first-order chi connectivity index (χ1) is 7.29. The van der Waals surface area contributed by atoms with Crippen molar-refractivity contribution >= 4 is 11.7 Å². The second-order valence-corrected chi connectivity index (χ2v) is 2.84. The molecule has 0 saturated carbocycles. The van der Waals surface area contributed by atoms with E-state index in [1.807, 2.05) is 6.92 Å². The Morgan fingerprint density at radius 2 is 2.27 bits per heavy atom. The number of ether oxygens (including phenoxy) is 1. The molecule has 1 aromatic carbocycles. The lowest BCUT2D eigenvalue weighted by molar-refractivity contribution is 0.0506. The van der Waals surface area contributed by atoms with Gasteiger partial charge in [-0.25, -0.2) is 4.79 Å². The lowest BCUT2D eigenvalue weighted by Gasteiger charge is -2.04. The van der Waals surface area contributed by atoms with Crippen LogP contribution in [0, 0.1) is 0 Å². The van der Waals surface area contributed by atoms with E-state index in [4.69, 9.17) is 10.3 Å². The molecule has 0 atom stereocenters. The average molecular weight is 205 g/mol. The molecule has 0 aliphatic carbocycles. The third-order valence-corrected chi connectivity index (χ3v) is 1.71. The van der Waals surface area contributed by atoms with Crippen molar-refractivity contribution < 1.29 is 9.53 Å². The van der Waals surface area contributed by atoms with Gasteiger partial charge >= 0.3 is 5.97 Å². The molecule has 5 heteroatoms. The molecule has 15 heavy (non-hydrogen) atoms. The van der Waals surface area contributed by atoms with Crippen molar-refractivity contribution in [2.45, 2.75) is 13.3 Å².